The van der Waals surface area contributed by atoms with Crippen LogP contribution in [0, 0.1) is 0 Å². The quantitative estimate of drug-likeness (QED) is 0.638. The predicted molar refractivity (Wildman–Crippen MR) is 114 cm³/mol. The molecule has 3 aromatic rings. The van der Waals surface area contributed by atoms with Crippen molar-refractivity contribution < 1.29 is 4.79 Å². The smallest absolute Gasteiger partial charge is 0.277 e. The van der Waals surface area contributed by atoms with Gasteiger partial charge >= 0.3 is 0 Å². The Labute approximate surface area is 166 Å². The summed E-state index contributed by atoms with van der Waals surface area (Å²) in [5.74, 6) is -0.0367. The Bertz CT molecular complexity index is 955. The van der Waals surface area contributed by atoms with E-state index in [2.05, 4.69) is 47.6 Å². The largest absolute Gasteiger partial charge is 0.385 e. The van der Waals surface area contributed by atoms with E-state index in [0.717, 1.165) is 37.2 Å². The van der Waals surface area contributed by atoms with Crippen molar-refractivity contribution in [2.24, 2.45) is 0 Å². The fraction of sp³-hybridized carbons (Fsp3) is 0.250. The van der Waals surface area contributed by atoms with Crippen LogP contribution in [0.4, 0.5) is 11.4 Å². The molecule has 0 spiro atoms. The molecule has 1 atom stereocenters. The van der Waals surface area contributed by atoms with Crippen LogP contribution in [0.1, 0.15) is 35.0 Å². The maximum atomic E-state index is 13.1. The maximum Gasteiger partial charge on any atom is 0.277 e. The number of hydrogen-bond acceptors (Lipinski definition) is 3. The van der Waals surface area contributed by atoms with Crippen LogP contribution in [0.3, 0.4) is 0 Å². The number of rotatable bonds is 6. The van der Waals surface area contributed by atoms with E-state index in [9.17, 15) is 4.79 Å². The van der Waals surface area contributed by atoms with Crippen molar-refractivity contribution in [3.05, 3.63) is 89.7 Å². The number of hydrogen-bond donors (Lipinski definition) is 1. The van der Waals surface area contributed by atoms with E-state index in [0.29, 0.717) is 5.69 Å². The zero-order valence-electron chi connectivity index (χ0n) is 16.1. The Morgan fingerprint density at radius 2 is 1.89 bits per heavy atom. The van der Waals surface area contributed by atoms with Crippen LogP contribution < -0.4 is 10.2 Å². The summed E-state index contributed by atoms with van der Waals surface area (Å²) in [5.41, 5.74) is 4.99. The molecule has 4 nitrogen and oxygen atoms in total. The van der Waals surface area contributed by atoms with Crippen molar-refractivity contribution in [2.75, 3.05) is 16.8 Å². The van der Waals surface area contributed by atoms with E-state index in [1.165, 1.54) is 11.1 Å². The number of nitrogens with one attached hydrogen (secondary N) is 1. The lowest BCUT2D eigenvalue weighted by Crippen LogP contribution is -2.36. The van der Waals surface area contributed by atoms with Gasteiger partial charge in [0.05, 0.1) is 0 Å². The van der Waals surface area contributed by atoms with Crippen molar-refractivity contribution in [1.82, 2.24) is 4.98 Å². The first-order valence-electron chi connectivity index (χ1n) is 9.87. The molecule has 0 saturated heterocycles. The fourth-order valence-electron chi connectivity index (χ4n) is 3.83. The SMILES string of the molecule is CC1Cc2ccccc2N1C(=O)c1cc(NCCCc2ccccc2)ccn1. The minimum Gasteiger partial charge on any atom is -0.385 e. The van der Waals surface area contributed by atoms with Gasteiger partial charge in [-0.2, -0.15) is 0 Å². The first kappa shape index (κ1) is 18.2. The van der Waals surface area contributed by atoms with Gasteiger partial charge < -0.3 is 10.2 Å². The van der Waals surface area contributed by atoms with E-state index in [1.54, 1.807) is 6.20 Å². The number of aryl methyl sites for hydroxylation is 1. The van der Waals surface area contributed by atoms with Gasteiger partial charge in [0.2, 0.25) is 0 Å². The van der Waals surface area contributed by atoms with Crippen LogP contribution in [0.5, 0.6) is 0 Å². The van der Waals surface area contributed by atoms with E-state index in [4.69, 9.17) is 0 Å². The highest BCUT2D eigenvalue weighted by molar-refractivity contribution is 6.06. The lowest BCUT2D eigenvalue weighted by molar-refractivity contribution is 0.0976. The number of para-hydroxylation sites is 1. The molecule has 1 unspecified atom stereocenters. The van der Waals surface area contributed by atoms with E-state index in [-0.39, 0.29) is 11.9 Å². The number of anilines is 2. The van der Waals surface area contributed by atoms with Crippen molar-refractivity contribution >= 4 is 17.3 Å². The highest BCUT2D eigenvalue weighted by Crippen LogP contribution is 2.33. The molecule has 28 heavy (non-hydrogen) atoms. The average Bonchev–Trinajstić information content (AvgIpc) is 3.07. The molecule has 2 heterocycles. The summed E-state index contributed by atoms with van der Waals surface area (Å²) in [6, 6.07) is 22.5. The molecule has 1 aliphatic rings. The summed E-state index contributed by atoms with van der Waals surface area (Å²) in [7, 11) is 0. The predicted octanol–water partition coefficient (Wildman–Crippen LogP) is 4.72. The monoisotopic (exact) mass is 371 g/mol. The Kier molecular flexibility index (Phi) is 5.38. The molecule has 4 rings (SSSR count). The second kappa shape index (κ2) is 8.26. The molecule has 2 aromatic carbocycles. The highest BCUT2D eigenvalue weighted by atomic mass is 16.2. The second-order valence-corrected chi connectivity index (χ2v) is 7.30. The molecule has 1 N–H and O–H groups in total. The topological polar surface area (TPSA) is 45.2 Å². The van der Waals surface area contributed by atoms with Gasteiger partial charge in [-0.1, -0.05) is 48.5 Å². The number of carbonyl (C=O) groups excluding carboxylic acids is 1. The fourth-order valence-corrected chi connectivity index (χ4v) is 3.83. The molecular formula is C24H25N3O. The molecule has 0 aliphatic carbocycles. The number of aromatic nitrogens is 1. The van der Waals surface area contributed by atoms with Crippen LogP contribution in [0.25, 0.3) is 0 Å². The number of amides is 1. The Balaban J connectivity index is 1.40. The minimum atomic E-state index is -0.0367. The second-order valence-electron chi connectivity index (χ2n) is 7.30. The van der Waals surface area contributed by atoms with Crippen LogP contribution in [0.15, 0.2) is 72.9 Å². The standard InChI is InChI=1S/C24H25N3O/c1-18-16-20-11-5-6-12-23(20)27(18)24(28)22-17-21(13-15-26-22)25-14-7-10-19-8-3-2-4-9-19/h2-6,8-9,11-13,15,17-18H,7,10,14,16H2,1H3,(H,25,26). The van der Waals surface area contributed by atoms with Crippen molar-refractivity contribution in [1.29, 1.82) is 0 Å². The van der Waals surface area contributed by atoms with Gasteiger partial charge in [-0.3, -0.25) is 9.78 Å². The molecule has 1 aromatic heterocycles. The Hall–Kier alpha value is -3.14. The molecule has 142 valence electrons. The average molecular weight is 371 g/mol. The number of pyridine rings is 1. The van der Waals surface area contributed by atoms with Crippen LogP contribution in [0.2, 0.25) is 0 Å². The summed E-state index contributed by atoms with van der Waals surface area (Å²) in [6.45, 7) is 2.94. The Morgan fingerprint density at radius 3 is 2.75 bits per heavy atom. The first-order chi connectivity index (χ1) is 13.7. The molecule has 0 saturated carbocycles. The summed E-state index contributed by atoms with van der Waals surface area (Å²) >= 11 is 0. The normalized spacial score (nSPS) is 15.3. The van der Waals surface area contributed by atoms with Crippen molar-refractivity contribution in [3.63, 3.8) is 0 Å². The number of nitrogens with zero attached hydrogens (tertiary/aromatic N) is 2. The summed E-state index contributed by atoms with van der Waals surface area (Å²) in [5, 5.41) is 3.42. The van der Waals surface area contributed by atoms with Gasteiger partial charge in [-0.25, -0.2) is 0 Å². The molecule has 0 bridgehead atoms. The zero-order chi connectivity index (χ0) is 19.3. The third-order valence-corrected chi connectivity index (χ3v) is 5.22. The number of carbonyl (C=O) groups is 1. The maximum absolute atomic E-state index is 13.1. The van der Waals surface area contributed by atoms with Crippen LogP contribution >= 0.6 is 0 Å². The summed E-state index contributed by atoms with van der Waals surface area (Å²) in [4.78, 5) is 19.3. The highest BCUT2D eigenvalue weighted by Gasteiger charge is 2.31. The third kappa shape index (κ3) is 3.91. The van der Waals surface area contributed by atoms with Gasteiger partial charge in [0, 0.05) is 30.2 Å². The molecular weight excluding hydrogens is 346 g/mol. The van der Waals surface area contributed by atoms with Gasteiger partial charge in [0.1, 0.15) is 5.69 Å². The molecule has 1 aliphatic heterocycles. The van der Waals surface area contributed by atoms with Gasteiger partial charge in [-0.05, 0) is 55.5 Å². The summed E-state index contributed by atoms with van der Waals surface area (Å²) < 4.78 is 0. The van der Waals surface area contributed by atoms with E-state index >= 15 is 0 Å². The van der Waals surface area contributed by atoms with Gasteiger partial charge in [-0.15, -0.1) is 0 Å². The lowest BCUT2D eigenvalue weighted by Gasteiger charge is -2.22. The first-order valence-corrected chi connectivity index (χ1v) is 9.87. The van der Waals surface area contributed by atoms with E-state index in [1.807, 2.05) is 41.3 Å². The molecule has 1 amide bonds. The lowest BCUT2D eigenvalue weighted by atomic mass is 10.1. The minimum absolute atomic E-state index is 0.0367. The Morgan fingerprint density at radius 1 is 1.11 bits per heavy atom. The number of benzene rings is 2. The summed E-state index contributed by atoms with van der Waals surface area (Å²) in [6.07, 6.45) is 4.66. The molecule has 0 fully saturated rings. The van der Waals surface area contributed by atoms with Crippen molar-refractivity contribution in [3.8, 4) is 0 Å². The third-order valence-electron chi connectivity index (χ3n) is 5.22. The zero-order valence-corrected chi connectivity index (χ0v) is 16.1. The molecule has 0 radical (unpaired) electrons. The van der Waals surface area contributed by atoms with Crippen LogP contribution in [-0.2, 0) is 12.8 Å². The van der Waals surface area contributed by atoms with Gasteiger partial charge in [0.25, 0.3) is 5.91 Å². The number of fused-ring (bicyclic) bond motifs is 1. The van der Waals surface area contributed by atoms with Crippen LogP contribution in [-0.4, -0.2) is 23.5 Å². The van der Waals surface area contributed by atoms with Gasteiger partial charge in [0.15, 0.2) is 0 Å². The van der Waals surface area contributed by atoms with E-state index < -0.39 is 0 Å². The van der Waals surface area contributed by atoms with Crippen molar-refractivity contribution in [2.45, 2.75) is 32.2 Å². The molecule has 4 heteroatoms.